The third-order valence-corrected chi connectivity index (χ3v) is 1.96. The van der Waals surface area contributed by atoms with Gasteiger partial charge in [-0.3, -0.25) is 0 Å². The number of hydrogen-bond acceptors (Lipinski definition) is 1. The van der Waals surface area contributed by atoms with Crippen LogP contribution in [0.25, 0.3) is 0 Å². The minimum absolute atomic E-state index is 0.608. The monoisotopic (exact) mass is 218 g/mol. The van der Waals surface area contributed by atoms with Gasteiger partial charge in [-0.2, -0.15) is 17.6 Å². The number of alkyl halides is 5. The van der Waals surface area contributed by atoms with Crippen molar-refractivity contribution in [2.75, 3.05) is 6.61 Å². The summed E-state index contributed by atoms with van der Waals surface area (Å²) in [5.74, 6) is -8.18. The molecule has 1 saturated carbocycles. The zero-order chi connectivity index (χ0) is 11.2. The fraction of sp³-hybridized carbons (Fsp3) is 1.00. The van der Waals surface area contributed by atoms with Gasteiger partial charge in [0.1, 0.15) is 11.8 Å². The van der Waals surface area contributed by atoms with Crippen LogP contribution in [0.3, 0.4) is 0 Å². The summed E-state index contributed by atoms with van der Waals surface area (Å²) in [5.41, 5.74) is -1.79. The first-order valence-electron chi connectivity index (χ1n) is 4.12. The van der Waals surface area contributed by atoms with E-state index in [0.717, 1.165) is 13.8 Å². The normalized spacial score (nSPS) is 29.8. The van der Waals surface area contributed by atoms with Crippen molar-refractivity contribution >= 4 is 0 Å². The summed E-state index contributed by atoms with van der Waals surface area (Å²) in [7, 11) is 0. The van der Waals surface area contributed by atoms with E-state index in [4.69, 9.17) is 0 Å². The summed E-state index contributed by atoms with van der Waals surface area (Å²) >= 11 is 0. The molecule has 1 fully saturated rings. The Bertz CT molecular complexity index is 220. The second-order valence-corrected chi connectivity index (χ2v) is 4.05. The molecule has 1 atom stereocenters. The smallest absolute Gasteiger partial charge is 0.335 e. The van der Waals surface area contributed by atoms with Gasteiger partial charge in [0.05, 0.1) is 13.0 Å². The molecular formula is C8H11F5O. The van der Waals surface area contributed by atoms with Crippen LogP contribution in [0, 0.1) is 0 Å². The SMILES string of the molecule is CC(C)(F)COC1CC(F)(F)C1(F)F. The molecule has 0 heterocycles. The van der Waals surface area contributed by atoms with E-state index in [9.17, 15) is 22.0 Å². The van der Waals surface area contributed by atoms with E-state index in [-0.39, 0.29) is 0 Å². The molecule has 0 saturated heterocycles. The van der Waals surface area contributed by atoms with E-state index in [1.54, 1.807) is 0 Å². The van der Waals surface area contributed by atoms with Gasteiger partial charge in [0.15, 0.2) is 0 Å². The Labute approximate surface area is 78.2 Å². The van der Waals surface area contributed by atoms with Gasteiger partial charge in [-0.25, -0.2) is 4.39 Å². The van der Waals surface area contributed by atoms with Crippen LogP contribution in [0.5, 0.6) is 0 Å². The summed E-state index contributed by atoms with van der Waals surface area (Å²) in [6, 6.07) is 0. The van der Waals surface area contributed by atoms with Crippen molar-refractivity contribution in [2.45, 2.75) is 43.9 Å². The maximum atomic E-state index is 12.8. The fourth-order valence-corrected chi connectivity index (χ4v) is 1.06. The van der Waals surface area contributed by atoms with Crippen molar-refractivity contribution < 1.29 is 26.7 Å². The summed E-state index contributed by atoms with van der Waals surface area (Å²) in [6.45, 7) is 1.65. The first kappa shape index (κ1) is 11.7. The molecule has 0 amide bonds. The number of ether oxygens (including phenoxy) is 1. The summed E-state index contributed by atoms with van der Waals surface area (Å²) in [6.07, 6.45) is -2.91. The van der Waals surface area contributed by atoms with Crippen LogP contribution in [0.2, 0.25) is 0 Å². The van der Waals surface area contributed by atoms with E-state index in [1.807, 2.05) is 0 Å². The highest BCUT2D eigenvalue weighted by Gasteiger charge is 2.72. The molecule has 1 unspecified atom stereocenters. The molecular weight excluding hydrogens is 207 g/mol. The van der Waals surface area contributed by atoms with Crippen molar-refractivity contribution in [3.63, 3.8) is 0 Å². The van der Waals surface area contributed by atoms with Gasteiger partial charge < -0.3 is 4.74 Å². The molecule has 0 spiro atoms. The molecule has 1 aliphatic carbocycles. The molecule has 1 aliphatic rings. The maximum Gasteiger partial charge on any atom is 0.335 e. The Morgan fingerprint density at radius 2 is 1.79 bits per heavy atom. The van der Waals surface area contributed by atoms with E-state index < -0.39 is 36.6 Å². The van der Waals surface area contributed by atoms with Crippen LogP contribution < -0.4 is 0 Å². The number of halogens is 5. The molecule has 0 aromatic carbocycles. The lowest BCUT2D eigenvalue weighted by Crippen LogP contribution is -2.63. The van der Waals surface area contributed by atoms with Crippen LogP contribution >= 0.6 is 0 Å². The van der Waals surface area contributed by atoms with Gasteiger partial charge in [-0.1, -0.05) is 0 Å². The van der Waals surface area contributed by atoms with E-state index in [2.05, 4.69) is 4.74 Å². The highest BCUT2D eigenvalue weighted by atomic mass is 19.3. The van der Waals surface area contributed by atoms with Gasteiger partial charge >= 0.3 is 11.8 Å². The number of rotatable bonds is 3. The summed E-state index contributed by atoms with van der Waals surface area (Å²) < 4.78 is 66.8. The highest BCUT2D eigenvalue weighted by molar-refractivity contribution is 5.05. The first-order valence-corrected chi connectivity index (χ1v) is 4.12. The van der Waals surface area contributed by atoms with E-state index >= 15 is 0 Å². The van der Waals surface area contributed by atoms with Crippen LogP contribution in [-0.2, 0) is 4.74 Å². The highest BCUT2D eigenvalue weighted by Crippen LogP contribution is 2.52. The first-order chi connectivity index (χ1) is 6.06. The predicted octanol–water partition coefficient (Wildman–Crippen LogP) is 2.79. The molecule has 0 aromatic heterocycles. The lowest BCUT2D eigenvalue weighted by atomic mass is 9.85. The quantitative estimate of drug-likeness (QED) is 0.662. The zero-order valence-electron chi connectivity index (χ0n) is 7.79. The molecule has 0 aromatic rings. The Kier molecular flexibility index (Phi) is 2.54. The van der Waals surface area contributed by atoms with Gasteiger partial charge in [0.25, 0.3) is 0 Å². The maximum absolute atomic E-state index is 12.8. The molecule has 1 nitrogen and oxygen atoms in total. The van der Waals surface area contributed by atoms with Gasteiger partial charge in [-0.05, 0) is 13.8 Å². The molecule has 1 rings (SSSR count). The number of hydrogen-bond donors (Lipinski definition) is 0. The van der Waals surface area contributed by atoms with Crippen molar-refractivity contribution in [3.05, 3.63) is 0 Å². The van der Waals surface area contributed by atoms with E-state index in [1.165, 1.54) is 0 Å². The largest absolute Gasteiger partial charge is 0.368 e. The molecule has 84 valence electrons. The molecule has 0 radical (unpaired) electrons. The molecule has 0 aliphatic heterocycles. The third kappa shape index (κ3) is 1.99. The topological polar surface area (TPSA) is 9.23 Å². The minimum Gasteiger partial charge on any atom is -0.368 e. The molecule has 0 bridgehead atoms. The van der Waals surface area contributed by atoms with Gasteiger partial charge in [0.2, 0.25) is 0 Å². The van der Waals surface area contributed by atoms with Crippen molar-refractivity contribution in [1.82, 2.24) is 0 Å². The van der Waals surface area contributed by atoms with Crippen molar-refractivity contribution in [1.29, 1.82) is 0 Å². The standard InChI is InChI=1S/C8H11F5O/c1-6(2,9)4-14-5-3-7(10,11)8(5,12)13/h5H,3-4H2,1-2H3. The lowest BCUT2D eigenvalue weighted by molar-refractivity contribution is -0.343. The minimum atomic E-state index is -4.17. The zero-order valence-corrected chi connectivity index (χ0v) is 7.79. The Hall–Kier alpha value is -0.390. The Balaban J connectivity index is 2.44. The average Bonchev–Trinajstić information content (AvgIpc) is 1.95. The van der Waals surface area contributed by atoms with Crippen LogP contribution in [-0.4, -0.2) is 30.2 Å². The average molecular weight is 218 g/mol. The molecule has 0 N–H and O–H groups in total. The second-order valence-electron chi connectivity index (χ2n) is 4.05. The summed E-state index contributed by atoms with van der Waals surface area (Å²) in [4.78, 5) is 0. The summed E-state index contributed by atoms with van der Waals surface area (Å²) in [5, 5.41) is 0. The second kappa shape index (κ2) is 3.05. The lowest BCUT2D eigenvalue weighted by Gasteiger charge is -2.43. The molecule has 6 heteroatoms. The van der Waals surface area contributed by atoms with Gasteiger partial charge in [0, 0.05) is 0 Å². The van der Waals surface area contributed by atoms with Crippen molar-refractivity contribution in [3.8, 4) is 0 Å². The van der Waals surface area contributed by atoms with Crippen molar-refractivity contribution in [2.24, 2.45) is 0 Å². The third-order valence-electron chi connectivity index (χ3n) is 1.96. The van der Waals surface area contributed by atoms with Crippen LogP contribution in [0.1, 0.15) is 20.3 Å². The fourth-order valence-electron chi connectivity index (χ4n) is 1.06. The van der Waals surface area contributed by atoms with Gasteiger partial charge in [-0.15, -0.1) is 0 Å². The van der Waals surface area contributed by atoms with Crippen LogP contribution in [0.4, 0.5) is 22.0 Å². The molecule has 14 heavy (non-hydrogen) atoms. The van der Waals surface area contributed by atoms with E-state index in [0.29, 0.717) is 0 Å². The Morgan fingerprint density at radius 1 is 1.29 bits per heavy atom. The predicted molar refractivity (Wildman–Crippen MR) is 39.4 cm³/mol. The Morgan fingerprint density at radius 3 is 2.07 bits per heavy atom. The van der Waals surface area contributed by atoms with Crippen LogP contribution in [0.15, 0.2) is 0 Å².